The number of aryl methyl sites for hydroxylation is 2. The molecule has 0 spiro atoms. The van der Waals surface area contributed by atoms with Crippen molar-refractivity contribution in [2.45, 2.75) is 64.5 Å². The molecule has 0 bridgehead atoms. The number of amides is 1. The number of nitrogens with zero attached hydrogens (tertiary/aromatic N) is 2. The molecule has 1 heterocycles. The number of nitrogens with one attached hydrogen (secondary N) is 1. The van der Waals surface area contributed by atoms with Gasteiger partial charge in [-0.05, 0) is 42.9 Å². The molecule has 0 saturated carbocycles. The van der Waals surface area contributed by atoms with Crippen molar-refractivity contribution in [1.82, 2.24) is 15.1 Å². The van der Waals surface area contributed by atoms with E-state index in [1.54, 1.807) is 6.07 Å². The van der Waals surface area contributed by atoms with Gasteiger partial charge in [-0.2, -0.15) is 5.10 Å². The van der Waals surface area contributed by atoms with Gasteiger partial charge >= 0.3 is 0 Å². The third kappa shape index (κ3) is 4.16. The van der Waals surface area contributed by atoms with E-state index < -0.39 is 0 Å². The lowest BCUT2D eigenvalue weighted by atomic mass is 9.87. The van der Waals surface area contributed by atoms with Gasteiger partial charge in [0.25, 0.3) is 11.5 Å². The Hall–Kier alpha value is -2.95. The van der Waals surface area contributed by atoms with Crippen molar-refractivity contribution in [2.24, 2.45) is 0 Å². The normalized spacial score (nSPS) is 15.7. The fourth-order valence-corrected chi connectivity index (χ4v) is 4.37. The Morgan fingerprint density at radius 2 is 1.83 bits per heavy atom. The largest absolute Gasteiger partial charge is 0.344 e. The first-order valence-corrected chi connectivity index (χ1v) is 11.1. The molecule has 1 aromatic heterocycles. The molecule has 0 aliphatic heterocycles. The second-order valence-corrected chi connectivity index (χ2v) is 8.10. The summed E-state index contributed by atoms with van der Waals surface area (Å²) in [6, 6.07) is 15.6. The lowest BCUT2D eigenvalue weighted by molar-refractivity contribution is 0.0927. The highest BCUT2D eigenvalue weighted by molar-refractivity contribution is 6.04. The van der Waals surface area contributed by atoms with Gasteiger partial charge in [0.2, 0.25) is 0 Å². The molecule has 0 radical (unpaired) electrons. The molecule has 4 rings (SSSR count). The third-order valence-corrected chi connectivity index (χ3v) is 5.98. The van der Waals surface area contributed by atoms with Gasteiger partial charge < -0.3 is 5.32 Å². The van der Waals surface area contributed by atoms with Crippen LogP contribution in [0.4, 0.5) is 0 Å². The fraction of sp³-hybridized carbons (Fsp3) is 0.400. The van der Waals surface area contributed by atoms with E-state index in [1.165, 1.54) is 15.8 Å². The van der Waals surface area contributed by atoms with E-state index in [0.29, 0.717) is 23.0 Å². The molecule has 1 atom stereocenters. The van der Waals surface area contributed by atoms with E-state index >= 15 is 0 Å². The molecule has 0 fully saturated rings. The molecule has 3 aromatic rings. The van der Waals surface area contributed by atoms with Crippen LogP contribution in [0.3, 0.4) is 0 Å². The van der Waals surface area contributed by atoms with E-state index in [9.17, 15) is 9.59 Å². The molecule has 0 unspecified atom stereocenters. The van der Waals surface area contributed by atoms with Crippen LogP contribution in [0.1, 0.15) is 73.1 Å². The number of unbranched alkanes of at least 4 members (excludes halogenated alkanes) is 3. The predicted octanol–water partition coefficient (Wildman–Crippen LogP) is 4.78. The van der Waals surface area contributed by atoms with Gasteiger partial charge in [0.05, 0.1) is 11.4 Å². The molecule has 2 aromatic carbocycles. The first-order valence-electron chi connectivity index (χ1n) is 11.1. The van der Waals surface area contributed by atoms with Crippen LogP contribution in [0.15, 0.2) is 53.3 Å². The van der Waals surface area contributed by atoms with Crippen LogP contribution in [-0.4, -0.2) is 15.7 Å². The number of benzene rings is 2. The van der Waals surface area contributed by atoms with Crippen molar-refractivity contribution in [3.63, 3.8) is 0 Å². The monoisotopic (exact) mass is 403 g/mol. The van der Waals surface area contributed by atoms with Crippen molar-refractivity contribution in [3.05, 3.63) is 75.7 Å². The minimum absolute atomic E-state index is 0.0204. The molecule has 1 aliphatic carbocycles. The van der Waals surface area contributed by atoms with E-state index in [-0.39, 0.29) is 17.5 Å². The highest BCUT2D eigenvalue weighted by atomic mass is 16.2. The van der Waals surface area contributed by atoms with E-state index in [1.807, 2.05) is 30.3 Å². The second kappa shape index (κ2) is 9.24. The summed E-state index contributed by atoms with van der Waals surface area (Å²) in [5, 5.41) is 8.87. The molecular weight excluding hydrogens is 374 g/mol. The van der Waals surface area contributed by atoms with Crippen LogP contribution in [0.5, 0.6) is 0 Å². The van der Waals surface area contributed by atoms with Crippen molar-refractivity contribution in [1.29, 1.82) is 0 Å². The summed E-state index contributed by atoms with van der Waals surface area (Å²) in [5.41, 5.74) is 2.70. The summed E-state index contributed by atoms with van der Waals surface area (Å²) in [6.45, 7) is 2.70. The number of aromatic nitrogens is 2. The van der Waals surface area contributed by atoms with Crippen LogP contribution in [0, 0.1) is 0 Å². The Kier molecular flexibility index (Phi) is 6.26. The summed E-state index contributed by atoms with van der Waals surface area (Å²) in [6.07, 6.45) is 7.22. The third-order valence-electron chi connectivity index (χ3n) is 5.98. The summed E-state index contributed by atoms with van der Waals surface area (Å²) >= 11 is 0. The van der Waals surface area contributed by atoms with E-state index in [0.717, 1.165) is 44.9 Å². The number of carbonyl (C=O) groups is 1. The summed E-state index contributed by atoms with van der Waals surface area (Å²) in [4.78, 5) is 26.2. The quantitative estimate of drug-likeness (QED) is 0.577. The minimum Gasteiger partial charge on any atom is -0.344 e. The van der Waals surface area contributed by atoms with E-state index in [2.05, 4.69) is 29.5 Å². The standard InChI is InChI=1S/C25H29N3O2/c1-2-3-4-9-17-28-25(30)21-15-8-7-14-20(21)23(27-28)24(29)26-22-16-10-12-18-11-5-6-13-19(18)22/h5-8,11,13-15,22H,2-4,9-10,12,16-17H2,1H3,(H,26,29)/t22-/m0/s1. The maximum Gasteiger partial charge on any atom is 0.274 e. The minimum atomic E-state index is -0.213. The van der Waals surface area contributed by atoms with E-state index in [4.69, 9.17) is 0 Å². The lowest BCUT2D eigenvalue weighted by Crippen LogP contribution is -2.34. The van der Waals surface area contributed by atoms with Gasteiger partial charge in [-0.15, -0.1) is 0 Å². The Morgan fingerprint density at radius 3 is 2.67 bits per heavy atom. The number of fused-ring (bicyclic) bond motifs is 2. The SMILES string of the molecule is CCCCCCn1nc(C(=O)N[C@H]2CCCc3ccccc32)c2ccccc2c1=O. The fourth-order valence-electron chi connectivity index (χ4n) is 4.37. The number of rotatable bonds is 7. The van der Waals surface area contributed by atoms with Crippen LogP contribution in [0.2, 0.25) is 0 Å². The van der Waals surface area contributed by atoms with Gasteiger partial charge in [-0.25, -0.2) is 4.68 Å². The molecule has 30 heavy (non-hydrogen) atoms. The van der Waals surface area contributed by atoms with Crippen LogP contribution in [0.25, 0.3) is 10.8 Å². The molecule has 1 amide bonds. The van der Waals surface area contributed by atoms with Crippen molar-refractivity contribution in [3.8, 4) is 0 Å². The average molecular weight is 404 g/mol. The van der Waals surface area contributed by atoms with Crippen molar-refractivity contribution >= 4 is 16.7 Å². The lowest BCUT2D eigenvalue weighted by Gasteiger charge is -2.26. The number of carbonyl (C=O) groups excluding carboxylic acids is 1. The van der Waals surface area contributed by atoms with Gasteiger partial charge in [-0.1, -0.05) is 68.7 Å². The summed E-state index contributed by atoms with van der Waals surface area (Å²) < 4.78 is 1.47. The Balaban J connectivity index is 1.65. The van der Waals surface area contributed by atoms with Gasteiger partial charge in [-0.3, -0.25) is 9.59 Å². The van der Waals surface area contributed by atoms with Crippen molar-refractivity contribution in [2.75, 3.05) is 0 Å². The van der Waals surface area contributed by atoms with Gasteiger partial charge in [0.1, 0.15) is 0 Å². The number of hydrogen-bond acceptors (Lipinski definition) is 3. The summed E-state index contributed by atoms with van der Waals surface area (Å²) in [5.74, 6) is -0.213. The molecule has 5 nitrogen and oxygen atoms in total. The highest BCUT2D eigenvalue weighted by Crippen LogP contribution is 2.29. The van der Waals surface area contributed by atoms with Crippen LogP contribution < -0.4 is 10.9 Å². The number of hydrogen-bond donors (Lipinski definition) is 1. The Labute approximate surface area is 177 Å². The molecule has 1 aliphatic rings. The van der Waals surface area contributed by atoms with Gasteiger partial charge in [0, 0.05) is 11.9 Å². The second-order valence-electron chi connectivity index (χ2n) is 8.10. The molecule has 1 N–H and O–H groups in total. The maximum atomic E-state index is 13.3. The van der Waals surface area contributed by atoms with Crippen LogP contribution >= 0.6 is 0 Å². The first-order chi connectivity index (χ1) is 14.7. The first kappa shape index (κ1) is 20.3. The maximum absolute atomic E-state index is 13.3. The zero-order valence-corrected chi connectivity index (χ0v) is 17.6. The molecule has 156 valence electrons. The predicted molar refractivity (Wildman–Crippen MR) is 120 cm³/mol. The van der Waals surface area contributed by atoms with Gasteiger partial charge in [0.15, 0.2) is 5.69 Å². The Bertz CT molecular complexity index is 1100. The average Bonchev–Trinajstić information content (AvgIpc) is 2.78. The molecule has 5 heteroatoms. The molecular formula is C25H29N3O2. The molecule has 0 saturated heterocycles. The zero-order valence-electron chi connectivity index (χ0n) is 17.6. The summed E-state index contributed by atoms with van der Waals surface area (Å²) in [7, 11) is 0. The van der Waals surface area contributed by atoms with Crippen LogP contribution in [-0.2, 0) is 13.0 Å². The zero-order chi connectivity index (χ0) is 20.9. The smallest absolute Gasteiger partial charge is 0.274 e. The topological polar surface area (TPSA) is 64.0 Å². The van der Waals surface area contributed by atoms with Crippen molar-refractivity contribution < 1.29 is 4.79 Å². The Morgan fingerprint density at radius 1 is 1.07 bits per heavy atom. The highest BCUT2D eigenvalue weighted by Gasteiger charge is 2.24.